The van der Waals surface area contributed by atoms with Crippen molar-refractivity contribution in [1.82, 2.24) is 0 Å². The van der Waals surface area contributed by atoms with Gasteiger partial charge in [-0.1, -0.05) is 25.1 Å². The maximum Gasteiger partial charge on any atom is 0.131 e. The standard InChI is InChI=1S/C16H17F2NS/c1-3-20-16-7-5-4-6-15(16)19-11(2)13-9-8-12(17)10-14(13)18/h4-11,19H,3H2,1-2H3. The fourth-order valence-corrected chi connectivity index (χ4v) is 2.80. The van der Waals surface area contributed by atoms with Gasteiger partial charge in [-0.25, -0.2) is 8.78 Å². The molecule has 2 aromatic carbocycles. The average Bonchev–Trinajstić information content (AvgIpc) is 2.41. The van der Waals surface area contributed by atoms with Crippen LogP contribution in [-0.4, -0.2) is 5.75 Å². The first kappa shape index (κ1) is 14.9. The molecule has 1 nitrogen and oxygen atoms in total. The molecular weight excluding hydrogens is 276 g/mol. The third kappa shape index (κ3) is 3.51. The summed E-state index contributed by atoms with van der Waals surface area (Å²) < 4.78 is 26.7. The van der Waals surface area contributed by atoms with E-state index in [1.807, 2.05) is 31.2 Å². The van der Waals surface area contributed by atoms with Crippen molar-refractivity contribution < 1.29 is 8.78 Å². The van der Waals surface area contributed by atoms with E-state index in [-0.39, 0.29) is 6.04 Å². The van der Waals surface area contributed by atoms with Crippen molar-refractivity contribution in [2.24, 2.45) is 0 Å². The van der Waals surface area contributed by atoms with Crippen LogP contribution in [0.4, 0.5) is 14.5 Å². The largest absolute Gasteiger partial charge is 0.378 e. The number of nitrogens with one attached hydrogen (secondary N) is 1. The highest BCUT2D eigenvalue weighted by Gasteiger charge is 2.13. The molecule has 0 saturated heterocycles. The molecule has 0 aliphatic carbocycles. The lowest BCUT2D eigenvalue weighted by Crippen LogP contribution is -2.09. The van der Waals surface area contributed by atoms with Gasteiger partial charge >= 0.3 is 0 Å². The smallest absolute Gasteiger partial charge is 0.131 e. The van der Waals surface area contributed by atoms with Crippen LogP contribution >= 0.6 is 11.8 Å². The third-order valence-electron chi connectivity index (χ3n) is 2.99. The minimum Gasteiger partial charge on any atom is -0.378 e. The molecule has 1 N–H and O–H groups in total. The van der Waals surface area contributed by atoms with Crippen molar-refractivity contribution in [3.05, 3.63) is 59.7 Å². The van der Waals surface area contributed by atoms with Crippen molar-refractivity contribution in [3.63, 3.8) is 0 Å². The number of hydrogen-bond acceptors (Lipinski definition) is 2. The molecule has 1 unspecified atom stereocenters. The zero-order valence-electron chi connectivity index (χ0n) is 11.5. The van der Waals surface area contributed by atoms with Crippen LogP contribution in [0.3, 0.4) is 0 Å². The minimum absolute atomic E-state index is 0.228. The van der Waals surface area contributed by atoms with Gasteiger partial charge in [0.15, 0.2) is 0 Å². The van der Waals surface area contributed by atoms with Crippen LogP contribution in [0.5, 0.6) is 0 Å². The average molecular weight is 293 g/mol. The molecule has 20 heavy (non-hydrogen) atoms. The van der Waals surface area contributed by atoms with Gasteiger partial charge in [0.25, 0.3) is 0 Å². The third-order valence-corrected chi connectivity index (χ3v) is 3.94. The van der Waals surface area contributed by atoms with Gasteiger partial charge in [-0.15, -0.1) is 11.8 Å². The second-order valence-corrected chi connectivity index (χ2v) is 5.77. The van der Waals surface area contributed by atoms with Gasteiger partial charge < -0.3 is 5.32 Å². The first-order valence-corrected chi connectivity index (χ1v) is 7.53. The summed E-state index contributed by atoms with van der Waals surface area (Å²) in [6.07, 6.45) is 0. The van der Waals surface area contributed by atoms with E-state index in [2.05, 4.69) is 12.2 Å². The molecule has 0 saturated carbocycles. The van der Waals surface area contributed by atoms with Gasteiger partial charge in [0.05, 0.1) is 6.04 Å². The molecule has 0 aromatic heterocycles. The number of rotatable bonds is 5. The Bertz CT molecular complexity index is 586. The lowest BCUT2D eigenvalue weighted by Gasteiger charge is -2.18. The molecule has 0 fully saturated rings. The van der Waals surface area contributed by atoms with E-state index in [1.165, 1.54) is 12.1 Å². The zero-order valence-corrected chi connectivity index (χ0v) is 12.3. The van der Waals surface area contributed by atoms with E-state index in [9.17, 15) is 8.78 Å². The van der Waals surface area contributed by atoms with Crippen LogP contribution < -0.4 is 5.32 Å². The van der Waals surface area contributed by atoms with Crippen LogP contribution in [-0.2, 0) is 0 Å². The van der Waals surface area contributed by atoms with E-state index in [1.54, 1.807) is 11.8 Å². The van der Waals surface area contributed by atoms with Crippen molar-refractivity contribution in [2.45, 2.75) is 24.8 Å². The monoisotopic (exact) mass is 293 g/mol. The predicted octanol–water partition coefficient (Wildman–Crippen LogP) is 5.25. The number of para-hydroxylation sites is 1. The molecule has 0 bridgehead atoms. The van der Waals surface area contributed by atoms with Crippen LogP contribution in [0.2, 0.25) is 0 Å². The van der Waals surface area contributed by atoms with Crippen molar-refractivity contribution in [3.8, 4) is 0 Å². The fourth-order valence-electron chi connectivity index (χ4n) is 2.03. The number of hydrogen-bond donors (Lipinski definition) is 1. The quantitative estimate of drug-likeness (QED) is 0.756. The Kier molecular flexibility index (Phi) is 5.01. The lowest BCUT2D eigenvalue weighted by molar-refractivity contribution is 0.566. The Balaban J connectivity index is 2.21. The summed E-state index contributed by atoms with van der Waals surface area (Å²) >= 11 is 1.73. The molecule has 0 radical (unpaired) electrons. The van der Waals surface area contributed by atoms with E-state index < -0.39 is 11.6 Å². The Morgan fingerprint density at radius 1 is 1.15 bits per heavy atom. The maximum absolute atomic E-state index is 13.8. The number of halogens is 2. The van der Waals surface area contributed by atoms with Crippen molar-refractivity contribution in [2.75, 3.05) is 11.1 Å². The highest BCUT2D eigenvalue weighted by atomic mass is 32.2. The molecule has 0 heterocycles. The lowest BCUT2D eigenvalue weighted by atomic mass is 10.1. The normalized spacial score (nSPS) is 12.2. The molecule has 0 aliphatic rings. The molecule has 0 amide bonds. The van der Waals surface area contributed by atoms with Gasteiger partial charge in [-0.2, -0.15) is 0 Å². The highest BCUT2D eigenvalue weighted by molar-refractivity contribution is 7.99. The molecular formula is C16H17F2NS. The topological polar surface area (TPSA) is 12.0 Å². The van der Waals surface area contributed by atoms with Gasteiger partial charge in [0, 0.05) is 22.2 Å². The molecule has 0 aliphatic heterocycles. The molecule has 1 atom stereocenters. The van der Waals surface area contributed by atoms with Gasteiger partial charge in [-0.05, 0) is 30.9 Å². The van der Waals surface area contributed by atoms with E-state index >= 15 is 0 Å². The summed E-state index contributed by atoms with van der Waals surface area (Å²) in [7, 11) is 0. The minimum atomic E-state index is -0.555. The Morgan fingerprint density at radius 2 is 1.90 bits per heavy atom. The first-order valence-electron chi connectivity index (χ1n) is 6.55. The number of benzene rings is 2. The van der Waals surface area contributed by atoms with Crippen molar-refractivity contribution in [1.29, 1.82) is 0 Å². The van der Waals surface area contributed by atoms with Crippen LogP contribution in [0, 0.1) is 11.6 Å². The molecule has 0 spiro atoms. The summed E-state index contributed by atoms with van der Waals surface area (Å²) in [5, 5.41) is 3.29. The van der Waals surface area contributed by atoms with Gasteiger partial charge in [0.2, 0.25) is 0 Å². The summed E-state index contributed by atoms with van der Waals surface area (Å²) in [6, 6.07) is 11.4. The van der Waals surface area contributed by atoms with Gasteiger partial charge in [-0.3, -0.25) is 0 Å². The van der Waals surface area contributed by atoms with Gasteiger partial charge in [0.1, 0.15) is 11.6 Å². The summed E-state index contributed by atoms with van der Waals surface area (Å²) in [4.78, 5) is 1.13. The van der Waals surface area contributed by atoms with Crippen LogP contribution in [0.1, 0.15) is 25.5 Å². The Morgan fingerprint density at radius 3 is 2.60 bits per heavy atom. The number of thioether (sulfide) groups is 1. The fraction of sp³-hybridized carbons (Fsp3) is 0.250. The summed E-state index contributed by atoms with van der Waals surface area (Å²) in [6.45, 7) is 3.95. The SMILES string of the molecule is CCSc1ccccc1NC(C)c1ccc(F)cc1F. The molecule has 2 aromatic rings. The van der Waals surface area contributed by atoms with E-state index in [0.717, 1.165) is 22.4 Å². The Hall–Kier alpha value is -1.55. The summed E-state index contributed by atoms with van der Waals surface area (Å²) in [5.41, 5.74) is 1.43. The maximum atomic E-state index is 13.8. The van der Waals surface area contributed by atoms with Crippen LogP contribution in [0.15, 0.2) is 47.4 Å². The highest BCUT2D eigenvalue weighted by Crippen LogP contribution is 2.30. The van der Waals surface area contributed by atoms with Crippen molar-refractivity contribution >= 4 is 17.4 Å². The summed E-state index contributed by atoms with van der Waals surface area (Å²) in [5.74, 6) is -0.108. The first-order chi connectivity index (χ1) is 9.61. The molecule has 2 rings (SSSR count). The number of anilines is 1. The van der Waals surface area contributed by atoms with E-state index in [4.69, 9.17) is 0 Å². The predicted molar refractivity (Wildman–Crippen MR) is 81.2 cm³/mol. The Labute approximate surface area is 122 Å². The van der Waals surface area contributed by atoms with Crippen LogP contribution in [0.25, 0.3) is 0 Å². The second-order valence-electron chi connectivity index (χ2n) is 4.46. The van der Waals surface area contributed by atoms with E-state index in [0.29, 0.717) is 5.56 Å². The molecule has 106 valence electrons. The molecule has 4 heteroatoms. The second kappa shape index (κ2) is 6.75. The zero-order chi connectivity index (χ0) is 14.5.